The Bertz CT molecular complexity index is 1140. The van der Waals surface area contributed by atoms with E-state index in [4.69, 9.17) is 0 Å². The number of rotatable bonds is 4. The van der Waals surface area contributed by atoms with Crippen LogP contribution in [0.25, 0.3) is 16.7 Å². The highest BCUT2D eigenvalue weighted by Crippen LogP contribution is 2.34. The molecule has 4 rings (SSSR count). The molecule has 0 aliphatic carbocycles. The van der Waals surface area contributed by atoms with E-state index in [0.29, 0.717) is 11.2 Å². The van der Waals surface area contributed by atoms with E-state index >= 15 is 0 Å². The van der Waals surface area contributed by atoms with Crippen LogP contribution in [0.15, 0.2) is 66.7 Å². The van der Waals surface area contributed by atoms with Gasteiger partial charge in [0.05, 0.1) is 11.0 Å². The van der Waals surface area contributed by atoms with Gasteiger partial charge in [-0.1, -0.05) is 18.2 Å². The molecule has 1 heterocycles. The maximum atomic E-state index is 13.7. The summed E-state index contributed by atoms with van der Waals surface area (Å²) in [5.74, 6) is -2.37. The van der Waals surface area contributed by atoms with Crippen molar-refractivity contribution in [1.82, 2.24) is 9.55 Å². The zero-order valence-electron chi connectivity index (χ0n) is 14.8. The molecule has 29 heavy (non-hydrogen) atoms. The van der Waals surface area contributed by atoms with E-state index in [0.717, 1.165) is 16.7 Å². The summed E-state index contributed by atoms with van der Waals surface area (Å²) in [7, 11) is 0. The van der Waals surface area contributed by atoms with E-state index in [1.807, 2.05) is 0 Å². The van der Waals surface area contributed by atoms with Crippen molar-refractivity contribution in [1.29, 1.82) is 0 Å². The maximum Gasteiger partial charge on any atom is 0.450 e. The van der Waals surface area contributed by atoms with Gasteiger partial charge in [-0.2, -0.15) is 13.2 Å². The number of anilines is 1. The molecule has 3 aromatic carbocycles. The van der Waals surface area contributed by atoms with Gasteiger partial charge in [-0.3, -0.25) is 4.57 Å². The second kappa shape index (κ2) is 7.20. The average Bonchev–Trinajstić information content (AvgIpc) is 3.08. The molecule has 3 nitrogen and oxygen atoms in total. The van der Waals surface area contributed by atoms with Crippen LogP contribution in [0.3, 0.4) is 0 Å². The molecule has 0 saturated carbocycles. The minimum Gasteiger partial charge on any atom is -0.381 e. The predicted molar refractivity (Wildman–Crippen MR) is 99.8 cm³/mol. The molecule has 0 spiro atoms. The molecular formula is C21H14F5N3. The van der Waals surface area contributed by atoms with Crippen molar-refractivity contribution in [3.8, 4) is 5.69 Å². The van der Waals surface area contributed by atoms with Crippen molar-refractivity contribution in [3.63, 3.8) is 0 Å². The van der Waals surface area contributed by atoms with Gasteiger partial charge in [-0.05, 0) is 48.5 Å². The lowest BCUT2D eigenvalue weighted by molar-refractivity contribution is -0.145. The molecule has 1 N–H and O–H groups in total. The normalized spacial score (nSPS) is 11.8. The molecule has 0 aliphatic rings. The summed E-state index contributed by atoms with van der Waals surface area (Å²) in [6.45, 7) is -0.0976. The largest absolute Gasteiger partial charge is 0.450 e. The van der Waals surface area contributed by atoms with Crippen molar-refractivity contribution in [2.24, 2.45) is 0 Å². The first-order chi connectivity index (χ1) is 13.8. The third-order valence-corrected chi connectivity index (χ3v) is 4.47. The fourth-order valence-electron chi connectivity index (χ4n) is 3.10. The number of nitrogens with one attached hydrogen (secondary N) is 1. The number of fused-ring (bicyclic) bond motifs is 1. The highest BCUT2D eigenvalue weighted by Gasteiger charge is 2.38. The maximum absolute atomic E-state index is 13.7. The highest BCUT2D eigenvalue weighted by molar-refractivity contribution is 5.78. The van der Waals surface area contributed by atoms with Crippen LogP contribution >= 0.6 is 0 Å². The Balaban J connectivity index is 1.65. The van der Waals surface area contributed by atoms with E-state index in [2.05, 4.69) is 10.3 Å². The van der Waals surface area contributed by atoms with Gasteiger partial charge in [-0.15, -0.1) is 0 Å². The molecule has 0 saturated heterocycles. The van der Waals surface area contributed by atoms with Crippen LogP contribution in [0.1, 0.15) is 11.4 Å². The smallest absolute Gasteiger partial charge is 0.381 e. The second-order valence-corrected chi connectivity index (χ2v) is 6.36. The van der Waals surface area contributed by atoms with E-state index < -0.39 is 23.6 Å². The molecule has 4 aromatic rings. The van der Waals surface area contributed by atoms with Gasteiger partial charge in [0, 0.05) is 23.5 Å². The molecular weight excluding hydrogens is 389 g/mol. The van der Waals surface area contributed by atoms with Crippen LogP contribution in [0, 0.1) is 11.6 Å². The van der Waals surface area contributed by atoms with Gasteiger partial charge in [0.15, 0.2) is 0 Å². The van der Waals surface area contributed by atoms with Crippen LogP contribution in [-0.2, 0) is 12.7 Å². The lowest BCUT2D eigenvalue weighted by Gasteiger charge is -2.13. The number of nitrogens with zero attached hydrogens (tertiary/aromatic N) is 2. The Hall–Kier alpha value is -3.42. The van der Waals surface area contributed by atoms with Crippen molar-refractivity contribution in [3.05, 3.63) is 89.8 Å². The number of aromatic nitrogens is 2. The number of benzene rings is 3. The van der Waals surface area contributed by atoms with Crippen LogP contribution < -0.4 is 5.32 Å². The summed E-state index contributed by atoms with van der Waals surface area (Å²) in [6, 6.07) is 16.0. The number of imidazole rings is 1. The van der Waals surface area contributed by atoms with Crippen LogP contribution in [0.4, 0.5) is 27.6 Å². The summed E-state index contributed by atoms with van der Waals surface area (Å²) in [6.07, 6.45) is -4.63. The Morgan fingerprint density at radius 3 is 2.14 bits per heavy atom. The molecule has 8 heteroatoms. The molecule has 0 radical (unpaired) electrons. The monoisotopic (exact) mass is 403 g/mol. The van der Waals surface area contributed by atoms with Crippen LogP contribution in [0.5, 0.6) is 0 Å². The zero-order chi connectivity index (χ0) is 20.6. The Morgan fingerprint density at radius 1 is 0.828 bits per heavy atom. The number of para-hydroxylation sites is 2. The van der Waals surface area contributed by atoms with Gasteiger partial charge >= 0.3 is 6.18 Å². The molecule has 148 valence electrons. The summed E-state index contributed by atoms with van der Waals surface area (Å²) < 4.78 is 68.9. The predicted octanol–water partition coefficient (Wildman–Crippen LogP) is 5.93. The highest BCUT2D eigenvalue weighted by atomic mass is 19.4. The molecule has 0 amide bonds. The van der Waals surface area contributed by atoms with E-state index in [-0.39, 0.29) is 23.3 Å². The number of hydrogen-bond acceptors (Lipinski definition) is 2. The topological polar surface area (TPSA) is 29.9 Å². The molecule has 0 fully saturated rings. The van der Waals surface area contributed by atoms with Gasteiger partial charge in [0.25, 0.3) is 0 Å². The summed E-state index contributed by atoms with van der Waals surface area (Å²) in [5.41, 5.74) is 1.23. The fourth-order valence-corrected chi connectivity index (χ4v) is 3.10. The molecule has 0 unspecified atom stereocenters. The summed E-state index contributed by atoms with van der Waals surface area (Å²) >= 11 is 0. The van der Waals surface area contributed by atoms with Crippen molar-refractivity contribution >= 4 is 16.7 Å². The first kappa shape index (κ1) is 18.9. The first-order valence-corrected chi connectivity index (χ1v) is 8.66. The quantitative estimate of drug-likeness (QED) is 0.428. The minimum atomic E-state index is -4.63. The Morgan fingerprint density at radius 2 is 1.48 bits per heavy atom. The van der Waals surface area contributed by atoms with E-state index in [9.17, 15) is 22.0 Å². The van der Waals surface area contributed by atoms with Gasteiger partial charge in [0.2, 0.25) is 5.82 Å². The lowest BCUT2D eigenvalue weighted by Crippen LogP contribution is -2.13. The van der Waals surface area contributed by atoms with Crippen molar-refractivity contribution in [2.75, 3.05) is 5.32 Å². The van der Waals surface area contributed by atoms with Crippen molar-refractivity contribution < 1.29 is 22.0 Å². The third-order valence-electron chi connectivity index (χ3n) is 4.47. The SMILES string of the molecule is Fc1cccc(F)c1CNc1ccc(-n2c(C(F)(F)F)nc3ccccc32)cc1. The fraction of sp³-hybridized carbons (Fsp3) is 0.0952. The lowest BCUT2D eigenvalue weighted by atomic mass is 10.2. The van der Waals surface area contributed by atoms with E-state index in [1.54, 1.807) is 30.3 Å². The first-order valence-electron chi connectivity index (χ1n) is 8.66. The summed E-state index contributed by atoms with van der Waals surface area (Å²) in [4.78, 5) is 3.72. The molecule has 0 atom stereocenters. The number of halogens is 5. The van der Waals surface area contributed by atoms with Crippen LogP contribution in [-0.4, -0.2) is 9.55 Å². The number of hydrogen-bond donors (Lipinski definition) is 1. The molecule has 0 aliphatic heterocycles. The van der Waals surface area contributed by atoms with Gasteiger partial charge < -0.3 is 5.32 Å². The number of alkyl halides is 3. The average molecular weight is 403 g/mol. The Kier molecular flexibility index (Phi) is 4.70. The van der Waals surface area contributed by atoms with Crippen molar-refractivity contribution in [2.45, 2.75) is 12.7 Å². The second-order valence-electron chi connectivity index (χ2n) is 6.36. The third kappa shape index (κ3) is 3.65. The van der Waals surface area contributed by atoms with E-state index in [1.165, 1.54) is 24.3 Å². The van der Waals surface area contributed by atoms with Gasteiger partial charge in [-0.25, -0.2) is 13.8 Å². The standard InChI is InChI=1S/C21H14F5N3/c22-16-4-3-5-17(23)15(16)12-27-13-8-10-14(11-9-13)29-19-7-2-1-6-18(19)28-20(29)21(24,25)26/h1-11,27H,12H2. The molecule has 1 aromatic heterocycles. The molecule has 0 bridgehead atoms. The van der Waals surface area contributed by atoms with Gasteiger partial charge in [0.1, 0.15) is 11.6 Å². The zero-order valence-corrected chi connectivity index (χ0v) is 14.8. The minimum absolute atomic E-state index is 0.0976. The summed E-state index contributed by atoms with van der Waals surface area (Å²) in [5, 5.41) is 2.87. The van der Waals surface area contributed by atoms with Crippen LogP contribution in [0.2, 0.25) is 0 Å². The Labute approximate surface area is 162 Å².